The highest BCUT2D eigenvalue weighted by atomic mass is 32.2. The average molecular weight is 310 g/mol. The smallest absolute Gasteiger partial charge is 0.262 e. The topological polar surface area (TPSA) is 134 Å². The molecule has 0 saturated carbocycles. The first-order valence-corrected chi connectivity index (χ1v) is 7.69. The van der Waals surface area contributed by atoms with Gasteiger partial charge in [-0.3, -0.25) is 9.52 Å². The number of rotatable bonds is 4. The zero-order valence-corrected chi connectivity index (χ0v) is 12.0. The van der Waals surface area contributed by atoms with Gasteiger partial charge < -0.3 is 15.8 Å². The molecule has 112 valence electrons. The molecule has 1 amide bonds. The molecule has 1 aromatic carbocycles. The second-order valence-corrected chi connectivity index (χ2v) is 6.31. The van der Waals surface area contributed by atoms with E-state index in [4.69, 9.17) is 15.7 Å². The molecule has 21 heavy (non-hydrogen) atoms. The zero-order chi connectivity index (χ0) is 15.6. The molecular weight excluding hydrogens is 296 g/mol. The fourth-order valence-electron chi connectivity index (χ4n) is 1.84. The third kappa shape index (κ3) is 3.00. The van der Waals surface area contributed by atoms with Gasteiger partial charge in [0.15, 0.2) is 11.9 Å². The first-order chi connectivity index (χ1) is 9.87. The summed E-state index contributed by atoms with van der Waals surface area (Å²) in [6, 6.07) is 4.50. The fraction of sp³-hybridized carbons (Fsp3) is 0.333. The summed E-state index contributed by atoms with van der Waals surface area (Å²) < 4.78 is 31.5. The Morgan fingerprint density at radius 3 is 2.90 bits per heavy atom. The van der Waals surface area contributed by atoms with Gasteiger partial charge in [0.05, 0.1) is 23.1 Å². The van der Waals surface area contributed by atoms with Gasteiger partial charge in [-0.25, -0.2) is 8.42 Å². The molecule has 8 nitrogen and oxygen atoms in total. The van der Waals surface area contributed by atoms with Gasteiger partial charge in [0.2, 0.25) is 10.0 Å². The number of sulfonamides is 1. The standard InChI is InChI=1S/C12H14N4O4S/c1-2-7(5-13)21(18,19)16-9-4-10-11(3-8(9)14)20-6-12(17)15-10/h3-4,7,16H,2,6,14H2,1H3,(H,15,17). The molecule has 0 aliphatic carbocycles. The molecule has 1 atom stereocenters. The average Bonchev–Trinajstić information content (AvgIpc) is 2.41. The third-order valence-corrected chi connectivity index (χ3v) is 4.62. The van der Waals surface area contributed by atoms with Crippen molar-refractivity contribution in [2.45, 2.75) is 18.6 Å². The van der Waals surface area contributed by atoms with Crippen LogP contribution in [0.1, 0.15) is 13.3 Å². The van der Waals surface area contributed by atoms with Crippen LogP contribution in [0.3, 0.4) is 0 Å². The van der Waals surface area contributed by atoms with Gasteiger partial charge in [0.1, 0.15) is 5.75 Å². The van der Waals surface area contributed by atoms with Crippen LogP contribution in [0.15, 0.2) is 12.1 Å². The van der Waals surface area contributed by atoms with Crippen LogP contribution in [0.4, 0.5) is 17.1 Å². The maximum atomic E-state index is 12.0. The maximum Gasteiger partial charge on any atom is 0.262 e. The highest BCUT2D eigenvalue weighted by Gasteiger charge is 2.25. The van der Waals surface area contributed by atoms with Gasteiger partial charge in [0, 0.05) is 6.07 Å². The summed E-state index contributed by atoms with van der Waals surface area (Å²) >= 11 is 0. The van der Waals surface area contributed by atoms with E-state index >= 15 is 0 Å². The van der Waals surface area contributed by atoms with E-state index in [1.165, 1.54) is 12.1 Å². The Bertz CT molecular complexity index is 724. The largest absolute Gasteiger partial charge is 0.482 e. The van der Waals surface area contributed by atoms with Crippen LogP contribution in [-0.4, -0.2) is 26.2 Å². The lowest BCUT2D eigenvalue weighted by atomic mass is 10.2. The second kappa shape index (κ2) is 5.49. The summed E-state index contributed by atoms with van der Waals surface area (Å²) in [6.45, 7) is 1.47. The van der Waals surface area contributed by atoms with Gasteiger partial charge in [-0.2, -0.15) is 5.26 Å². The number of hydrogen-bond donors (Lipinski definition) is 3. The first-order valence-electron chi connectivity index (χ1n) is 6.14. The van der Waals surface area contributed by atoms with Crippen molar-refractivity contribution in [2.75, 3.05) is 22.4 Å². The number of hydrogen-bond acceptors (Lipinski definition) is 6. The normalized spacial score (nSPS) is 15.1. The number of fused-ring (bicyclic) bond motifs is 1. The monoisotopic (exact) mass is 310 g/mol. The Labute approximate surface area is 121 Å². The number of amides is 1. The van der Waals surface area contributed by atoms with Gasteiger partial charge in [-0.1, -0.05) is 6.92 Å². The van der Waals surface area contributed by atoms with Gasteiger partial charge in [0.25, 0.3) is 5.91 Å². The summed E-state index contributed by atoms with van der Waals surface area (Å²) in [5.74, 6) is 0.0203. The number of nitrogen functional groups attached to an aromatic ring is 1. The summed E-state index contributed by atoms with van der Waals surface area (Å²) in [5.41, 5.74) is 6.32. The van der Waals surface area contributed by atoms with Crippen molar-refractivity contribution in [2.24, 2.45) is 0 Å². The number of ether oxygens (including phenoxy) is 1. The summed E-state index contributed by atoms with van der Waals surface area (Å²) in [5, 5.41) is 10.2. The van der Waals surface area contributed by atoms with Crippen molar-refractivity contribution in [3.63, 3.8) is 0 Å². The SMILES string of the molecule is CCC(C#N)S(=O)(=O)Nc1cc2c(cc1N)OCC(=O)N2. The lowest BCUT2D eigenvalue weighted by molar-refractivity contribution is -0.118. The number of carbonyl (C=O) groups excluding carboxylic acids is 1. The van der Waals surface area contributed by atoms with E-state index in [9.17, 15) is 13.2 Å². The molecule has 0 saturated heterocycles. The number of benzene rings is 1. The lowest BCUT2D eigenvalue weighted by Gasteiger charge is -2.20. The molecule has 1 aromatic rings. The van der Waals surface area contributed by atoms with E-state index in [1.807, 2.05) is 0 Å². The summed E-state index contributed by atoms with van der Waals surface area (Å²) in [7, 11) is -3.88. The molecule has 9 heteroatoms. The van der Waals surface area contributed by atoms with E-state index in [0.29, 0.717) is 11.4 Å². The predicted molar refractivity (Wildman–Crippen MR) is 77.2 cm³/mol. The van der Waals surface area contributed by atoms with Crippen LogP contribution < -0.4 is 20.5 Å². The molecule has 0 bridgehead atoms. The predicted octanol–water partition coefficient (Wildman–Crippen LogP) is 0.644. The molecule has 4 N–H and O–H groups in total. The van der Waals surface area contributed by atoms with Crippen molar-refractivity contribution in [1.29, 1.82) is 5.26 Å². The first kappa shape index (κ1) is 14.9. The number of anilines is 3. The molecule has 1 aliphatic heterocycles. The Kier molecular flexibility index (Phi) is 3.90. The Balaban J connectivity index is 2.36. The van der Waals surface area contributed by atoms with Crippen LogP contribution in [0.25, 0.3) is 0 Å². The maximum absolute atomic E-state index is 12.0. The Hall–Kier alpha value is -2.47. The summed E-state index contributed by atoms with van der Waals surface area (Å²) in [6.07, 6.45) is 0.149. The third-order valence-electron chi connectivity index (χ3n) is 2.93. The number of nitriles is 1. The van der Waals surface area contributed by atoms with Gasteiger partial charge in [-0.15, -0.1) is 0 Å². The Morgan fingerprint density at radius 1 is 1.57 bits per heavy atom. The highest BCUT2D eigenvalue weighted by molar-refractivity contribution is 7.93. The molecule has 1 aliphatic rings. The fourth-order valence-corrected chi connectivity index (χ4v) is 3.04. The van der Waals surface area contributed by atoms with Crippen LogP contribution in [0.5, 0.6) is 5.75 Å². The summed E-state index contributed by atoms with van der Waals surface area (Å²) in [4.78, 5) is 11.3. The zero-order valence-electron chi connectivity index (χ0n) is 11.2. The number of nitrogens with one attached hydrogen (secondary N) is 2. The minimum Gasteiger partial charge on any atom is -0.482 e. The molecular formula is C12H14N4O4S. The van der Waals surface area contributed by atoms with Crippen LogP contribution in [-0.2, 0) is 14.8 Å². The number of carbonyl (C=O) groups is 1. The molecule has 0 radical (unpaired) electrons. The van der Waals surface area contributed by atoms with E-state index in [1.54, 1.807) is 13.0 Å². The highest BCUT2D eigenvalue weighted by Crippen LogP contribution is 2.35. The van der Waals surface area contributed by atoms with E-state index in [2.05, 4.69) is 10.0 Å². The van der Waals surface area contributed by atoms with Crippen LogP contribution in [0.2, 0.25) is 0 Å². The van der Waals surface area contributed by atoms with Crippen molar-refractivity contribution >= 4 is 33.0 Å². The Morgan fingerprint density at radius 2 is 2.29 bits per heavy atom. The molecule has 0 aromatic heterocycles. The molecule has 1 heterocycles. The molecule has 0 fully saturated rings. The van der Waals surface area contributed by atoms with Crippen molar-refractivity contribution in [3.05, 3.63) is 12.1 Å². The number of nitrogens with two attached hydrogens (primary N) is 1. The number of nitrogens with zero attached hydrogens (tertiary/aromatic N) is 1. The van der Waals surface area contributed by atoms with Crippen LogP contribution >= 0.6 is 0 Å². The lowest BCUT2D eigenvalue weighted by Crippen LogP contribution is -2.28. The van der Waals surface area contributed by atoms with E-state index < -0.39 is 15.3 Å². The quantitative estimate of drug-likeness (QED) is 0.699. The molecule has 2 rings (SSSR count). The van der Waals surface area contributed by atoms with Crippen molar-refractivity contribution < 1.29 is 17.9 Å². The molecule has 0 spiro atoms. The van der Waals surface area contributed by atoms with E-state index in [0.717, 1.165) is 0 Å². The minimum absolute atomic E-state index is 0.0910. The second-order valence-electron chi connectivity index (χ2n) is 4.45. The van der Waals surface area contributed by atoms with E-state index in [-0.39, 0.29) is 30.3 Å². The van der Waals surface area contributed by atoms with Crippen LogP contribution in [0, 0.1) is 11.3 Å². The van der Waals surface area contributed by atoms with Gasteiger partial charge in [-0.05, 0) is 12.5 Å². The minimum atomic E-state index is -3.88. The van der Waals surface area contributed by atoms with Crippen molar-refractivity contribution in [3.8, 4) is 11.8 Å². The van der Waals surface area contributed by atoms with Crippen molar-refractivity contribution in [1.82, 2.24) is 0 Å². The molecule has 1 unspecified atom stereocenters. The van der Waals surface area contributed by atoms with Gasteiger partial charge >= 0.3 is 0 Å².